The van der Waals surface area contributed by atoms with E-state index in [1.807, 2.05) is 0 Å². The molecule has 2 unspecified atom stereocenters. The molecule has 0 spiro atoms. The summed E-state index contributed by atoms with van der Waals surface area (Å²) in [6.45, 7) is -1.04. The predicted octanol–water partition coefficient (Wildman–Crippen LogP) is -1.83. The minimum absolute atomic E-state index is 0.652. The van der Waals surface area contributed by atoms with Gasteiger partial charge in [-0.05, 0) is 0 Å². The Bertz CT molecular complexity index is 1050. The van der Waals surface area contributed by atoms with Crippen molar-refractivity contribution in [1.29, 1.82) is 0 Å². The molecule has 1 saturated heterocycles. The molecule has 1 aromatic heterocycles. The number of rotatable bonds is 8. The second-order valence-electron chi connectivity index (χ2n) is 5.56. The molecule has 1 aliphatic heterocycles. The van der Waals surface area contributed by atoms with Crippen LogP contribution in [0.1, 0.15) is 6.23 Å². The van der Waals surface area contributed by atoms with Crippen LogP contribution in [0.5, 0.6) is 0 Å². The Morgan fingerprint density at radius 2 is 1.63 bits per heavy atom. The highest BCUT2D eigenvalue weighted by Gasteiger charge is 2.46. The lowest BCUT2D eigenvalue weighted by Gasteiger charge is -2.19. The van der Waals surface area contributed by atoms with Crippen LogP contribution < -0.4 is 11.2 Å². The van der Waals surface area contributed by atoms with Crippen molar-refractivity contribution in [2.75, 3.05) is 6.61 Å². The fourth-order valence-electron chi connectivity index (χ4n) is 2.23. The SMILES string of the molecule is O=c1ccn([C@@H]2O[C@H](COP(=O)(O)OP(=O)(O)OP(=O)(O)O)[C@@H](O)[C@H]2O)c(=O)n1I. The summed E-state index contributed by atoms with van der Waals surface area (Å²) in [5.41, 5.74) is -1.60. The molecule has 0 amide bonds. The van der Waals surface area contributed by atoms with Gasteiger partial charge in [0.2, 0.25) is 0 Å². The van der Waals surface area contributed by atoms with Gasteiger partial charge in [-0.3, -0.25) is 13.9 Å². The van der Waals surface area contributed by atoms with Crippen molar-refractivity contribution >= 4 is 46.3 Å². The number of nitrogens with zero attached hydrogens (tertiary/aromatic N) is 2. The van der Waals surface area contributed by atoms with Crippen LogP contribution in [0.3, 0.4) is 0 Å². The molecule has 1 aromatic rings. The molecule has 6 N–H and O–H groups in total. The molecular formula is C9H14IN2O15P3. The van der Waals surface area contributed by atoms with Crippen molar-refractivity contribution in [3.63, 3.8) is 0 Å². The molecule has 30 heavy (non-hydrogen) atoms. The largest absolute Gasteiger partial charge is 0.490 e. The van der Waals surface area contributed by atoms with Crippen LogP contribution in [-0.4, -0.2) is 62.1 Å². The van der Waals surface area contributed by atoms with Crippen molar-refractivity contribution in [2.45, 2.75) is 24.5 Å². The van der Waals surface area contributed by atoms with Gasteiger partial charge in [0.1, 0.15) is 18.3 Å². The average Bonchev–Trinajstić information content (AvgIpc) is 2.83. The van der Waals surface area contributed by atoms with Gasteiger partial charge in [0, 0.05) is 12.3 Å². The zero-order valence-electron chi connectivity index (χ0n) is 14.1. The highest BCUT2D eigenvalue weighted by molar-refractivity contribution is 14.1. The maximum atomic E-state index is 12.1. The zero-order valence-corrected chi connectivity index (χ0v) is 19.0. The summed E-state index contributed by atoms with van der Waals surface area (Å²) >= 11 is 1.39. The summed E-state index contributed by atoms with van der Waals surface area (Å²) in [5, 5.41) is 20.1. The van der Waals surface area contributed by atoms with Gasteiger partial charge in [0.15, 0.2) is 6.23 Å². The highest BCUT2D eigenvalue weighted by atomic mass is 127. The summed E-state index contributed by atoms with van der Waals surface area (Å²) in [6, 6.07) is 0.968. The lowest BCUT2D eigenvalue weighted by molar-refractivity contribution is -0.0543. The monoisotopic (exact) mass is 610 g/mol. The third-order valence-corrected chi connectivity index (χ3v) is 8.08. The van der Waals surface area contributed by atoms with E-state index in [0.29, 0.717) is 2.78 Å². The van der Waals surface area contributed by atoms with E-state index >= 15 is 0 Å². The maximum Gasteiger partial charge on any atom is 0.490 e. The Hall–Kier alpha value is -0.300. The standard InChI is InChI=1S/C9H14IN2O15P3/c10-12-5(13)1-2-11(9(12)16)8-7(15)6(14)4(25-8)3-24-29(20,21)27-30(22,23)26-28(17,18)19/h1-2,4,6-8,14-15H,3H2,(H,20,21)(H,22,23)(H2,17,18,19)/t4-,6-,7-,8-/m1/s1. The summed E-state index contributed by atoms with van der Waals surface area (Å²) in [7, 11) is -16.8. The van der Waals surface area contributed by atoms with Crippen LogP contribution in [0.2, 0.25) is 0 Å². The van der Waals surface area contributed by atoms with Crippen molar-refractivity contribution in [1.82, 2.24) is 7.35 Å². The number of ether oxygens (including phenoxy) is 1. The van der Waals surface area contributed by atoms with Gasteiger partial charge in [-0.2, -0.15) is 11.4 Å². The van der Waals surface area contributed by atoms with E-state index in [1.54, 1.807) is 0 Å². The molecule has 2 heterocycles. The fourth-order valence-corrected chi connectivity index (χ4v) is 5.67. The molecule has 17 nitrogen and oxygen atoms in total. The van der Waals surface area contributed by atoms with Gasteiger partial charge in [-0.15, -0.1) is 0 Å². The van der Waals surface area contributed by atoms with Crippen molar-refractivity contribution < 1.29 is 61.4 Å². The molecule has 1 fully saturated rings. The fraction of sp³-hybridized carbons (Fsp3) is 0.556. The molecule has 6 atom stereocenters. The summed E-state index contributed by atoms with van der Waals surface area (Å²) in [5.74, 6) is 0. The second-order valence-corrected chi connectivity index (χ2v) is 10.9. The number of aromatic nitrogens is 2. The first-order valence-electron chi connectivity index (χ1n) is 7.33. The Morgan fingerprint density at radius 3 is 2.20 bits per heavy atom. The van der Waals surface area contributed by atoms with E-state index in [2.05, 4.69) is 13.1 Å². The van der Waals surface area contributed by atoms with E-state index in [9.17, 15) is 38.4 Å². The van der Waals surface area contributed by atoms with Crippen molar-refractivity contribution in [2.24, 2.45) is 0 Å². The van der Waals surface area contributed by atoms with Crippen LogP contribution >= 0.6 is 46.3 Å². The summed E-state index contributed by atoms with van der Waals surface area (Å²) in [6.07, 6.45) is -5.68. The Balaban J connectivity index is 2.09. The number of hydrogen-bond acceptors (Lipinski definition) is 11. The van der Waals surface area contributed by atoms with E-state index < -0.39 is 65.9 Å². The minimum atomic E-state index is -5.73. The maximum absolute atomic E-state index is 12.1. The van der Waals surface area contributed by atoms with E-state index in [-0.39, 0.29) is 0 Å². The van der Waals surface area contributed by atoms with Crippen LogP contribution in [-0.2, 0) is 31.6 Å². The first kappa shape index (κ1) is 26.0. The summed E-state index contributed by atoms with van der Waals surface area (Å²) < 4.78 is 51.5. The molecule has 2 rings (SSSR count). The van der Waals surface area contributed by atoms with Crippen LogP contribution in [0.15, 0.2) is 21.9 Å². The number of halogens is 1. The zero-order chi connectivity index (χ0) is 23.1. The Labute approximate surface area is 179 Å². The average molecular weight is 610 g/mol. The molecule has 0 bridgehead atoms. The van der Waals surface area contributed by atoms with Gasteiger partial charge in [0.05, 0.1) is 29.5 Å². The Morgan fingerprint density at radius 1 is 1.03 bits per heavy atom. The van der Waals surface area contributed by atoms with Crippen molar-refractivity contribution in [3.05, 3.63) is 33.1 Å². The molecule has 0 aliphatic carbocycles. The topological polar surface area (TPSA) is 254 Å². The molecule has 0 saturated carbocycles. The molecule has 0 aromatic carbocycles. The van der Waals surface area contributed by atoms with Crippen LogP contribution in [0, 0.1) is 0 Å². The van der Waals surface area contributed by atoms with Crippen molar-refractivity contribution in [3.8, 4) is 0 Å². The first-order chi connectivity index (χ1) is 13.5. The number of phosphoric ester groups is 1. The normalized spacial score (nSPS) is 28.8. The molecular weight excluding hydrogens is 596 g/mol. The minimum Gasteiger partial charge on any atom is -0.387 e. The number of aliphatic hydroxyl groups is 2. The van der Waals surface area contributed by atoms with E-state index in [4.69, 9.17) is 19.4 Å². The smallest absolute Gasteiger partial charge is 0.387 e. The van der Waals surface area contributed by atoms with Crippen LogP contribution in [0.4, 0.5) is 0 Å². The van der Waals surface area contributed by atoms with Gasteiger partial charge in [-0.1, -0.05) is 0 Å². The molecule has 21 heteroatoms. The number of hydrogen-bond donors (Lipinski definition) is 6. The predicted molar refractivity (Wildman–Crippen MR) is 100 cm³/mol. The lowest BCUT2D eigenvalue weighted by Crippen LogP contribution is -2.40. The highest BCUT2D eigenvalue weighted by Crippen LogP contribution is 2.66. The van der Waals surface area contributed by atoms with Crippen LogP contribution in [0.25, 0.3) is 0 Å². The van der Waals surface area contributed by atoms with E-state index in [0.717, 1.165) is 16.8 Å². The quantitative estimate of drug-likeness (QED) is 0.140. The summed E-state index contributed by atoms with van der Waals surface area (Å²) in [4.78, 5) is 58.9. The third-order valence-electron chi connectivity index (χ3n) is 3.39. The molecule has 172 valence electrons. The second kappa shape index (κ2) is 9.29. The third kappa shape index (κ3) is 6.60. The number of phosphoric acid groups is 3. The molecule has 1 aliphatic rings. The van der Waals surface area contributed by atoms with Gasteiger partial charge >= 0.3 is 29.2 Å². The van der Waals surface area contributed by atoms with Gasteiger partial charge in [-0.25, -0.2) is 18.5 Å². The lowest BCUT2D eigenvalue weighted by atomic mass is 10.1. The Kier molecular flexibility index (Phi) is 8.03. The van der Waals surface area contributed by atoms with Gasteiger partial charge in [0.25, 0.3) is 5.56 Å². The van der Waals surface area contributed by atoms with E-state index in [1.165, 1.54) is 22.9 Å². The first-order valence-corrected chi connectivity index (χ1v) is 12.8. The van der Waals surface area contributed by atoms with Gasteiger partial charge < -0.3 is 34.5 Å². The number of aliphatic hydroxyl groups excluding tert-OH is 2. The molecule has 0 radical (unpaired) electrons.